The molecule has 0 saturated carbocycles. The van der Waals surface area contributed by atoms with Crippen LogP contribution in [0.4, 0.5) is 0 Å². The first kappa shape index (κ1) is 34.0. The maximum atomic E-state index is 5.37. The second-order valence-corrected chi connectivity index (χ2v) is 15.4. The molecule has 3 aromatic heterocycles. The summed E-state index contributed by atoms with van der Waals surface area (Å²) in [7, 11) is 0. The Morgan fingerprint density at radius 3 is 1.67 bits per heavy atom. The molecule has 0 saturated heterocycles. The summed E-state index contributed by atoms with van der Waals surface area (Å²) < 4.78 is 4.89. The number of hydrogen-bond acceptors (Lipinski definition) is 2. The Morgan fingerprint density at radius 2 is 0.900 bits per heavy atom. The van der Waals surface area contributed by atoms with E-state index in [1.165, 1.54) is 38.1 Å². The molecule has 0 aliphatic heterocycles. The van der Waals surface area contributed by atoms with Gasteiger partial charge in [-0.3, -0.25) is 0 Å². The van der Waals surface area contributed by atoms with Crippen LogP contribution in [-0.4, -0.2) is 19.1 Å². The molecule has 60 heavy (non-hydrogen) atoms. The van der Waals surface area contributed by atoms with Crippen LogP contribution < -0.4 is 0 Å². The average Bonchev–Trinajstić information content (AvgIpc) is 3.85. The maximum Gasteiger partial charge on any atom is 0.160 e. The van der Waals surface area contributed by atoms with Crippen molar-refractivity contribution in [2.75, 3.05) is 0 Å². The number of fused-ring (bicyclic) bond motifs is 8. The molecule has 280 valence electrons. The Labute approximate surface area is 346 Å². The molecule has 0 radical (unpaired) electrons. The molecule has 0 N–H and O–H groups in total. The fourth-order valence-corrected chi connectivity index (χ4v) is 9.19. The van der Waals surface area contributed by atoms with E-state index in [1.807, 2.05) is 6.07 Å². The van der Waals surface area contributed by atoms with E-state index in [2.05, 4.69) is 221 Å². The van der Waals surface area contributed by atoms with E-state index in [4.69, 9.17) is 9.97 Å². The van der Waals surface area contributed by atoms with Gasteiger partial charge in [-0.15, -0.1) is 0 Å². The highest BCUT2D eigenvalue weighted by molar-refractivity contribution is 6.26. The van der Waals surface area contributed by atoms with Gasteiger partial charge in [-0.05, 0) is 71.1 Å². The first-order valence-corrected chi connectivity index (χ1v) is 20.4. The van der Waals surface area contributed by atoms with Gasteiger partial charge in [-0.2, -0.15) is 0 Å². The van der Waals surface area contributed by atoms with E-state index >= 15 is 0 Å². The van der Waals surface area contributed by atoms with Crippen LogP contribution >= 0.6 is 0 Å². The van der Waals surface area contributed by atoms with E-state index in [-0.39, 0.29) is 0 Å². The Hall–Kier alpha value is -8.08. The van der Waals surface area contributed by atoms with Crippen LogP contribution in [0, 0.1) is 0 Å². The van der Waals surface area contributed by atoms with Gasteiger partial charge in [0, 0.05) is 49.3 Å². The lowest BCUT2D eigenvalue weighted by atomic mass is 10.00. The van der Waals surface area contributed by atoms with Crippen molar-refractivity contribution in [1.29, 1.82) is 0 Å². The minimum atomic E-state index is 0.677. The monoisotopic (exact) mass is 764 g/mol. The molecule has 0 unspecified atom stereocenters. The van der Waals surface area contributed by atoms with Gasteiger partial charge in [-0.1, -0.05) is 164 Å². The maximum absolute atomic E-state index is 5.37. The predicted molar refractivity (Wildman–Crippen MR) is 250 cm³/mol. The summed E-state index contributed by atoms with van der Waals surface area (Å²) in [6.07, 6.45) is 0. The number of aromatic nitrogens is 4. The molecule has 0 aliphatic rings. The van der Waals surface area contributed by atoms with Crippen LogP contribution in [0.25, 0.3) is 111 Å². The third kappa shape index (κ3) is 5.46. The summed E-state index contributed by atoms with van der Waals surface area (Å²) >= 11 is 0. The largest absolute Gasteiger partial charge is 0.309 e. The zero-order chi connectivity index (χ0) is 39.6. The zero-order valence-corrected chi connectivity index (χ0v) is 32.6. The molecule has 12 rings (SSSR count). The van der Waals surface area contributed by atoms with E-state index in [0.717, 1.165) is 66.8 Å². The molecule has 4 nitrogen and oxygen atoms in total. The van der Waals surface area contributed by atoms with Gasteiger partial charge < -0.3 is 9.13 Å². The fraction of sp³-hybridized carbons (Fsp3) is 0. The van der Waals surface area contributed by atoms with Crippen molar-refractivity contribution in [3.05, 3.63) is 218 Å². The van der Waals surface area contributed by atoms with Gasteiger partial charge >= 0.3 is 0 Å². The Balaban J connectivity index is 1.14. The molecule has 9 aromatic carbocycles. The van der Waals surface area contributed by atoms with E-state index < -0.39 is 0 Å². The highest BCUT2D eigenvalue weighted by atomic mass is 15.0. The van der Waals surface area contributed by atoms with Crippen molar-refractivity contribution in [3.8, 4) is 56.4 Å². The molecule has 3 heterocycles. The van der Waals surface area contributed by atoms with Crippen LogP contribution in [0.3, 0.4) is 0 Å². The second-order valence-electron chi connectivity index (χ2n) is 15.4. The lowest BCUT2D eigenvalue weighted by Gasteiger charge is -2.15. The molecule has 0 atom stereocenters. The van der Waals surface area contributed by atoms with Crippen molar-refractivity contribution in [3.63, 3.8) is 0 Å². The third-order valence-electron chi connectivity index (χ3n) is 11.9. The molecule has 0 spiro atoms. The van der Waals surface area contributed by atoms with Crippen LogP contribution in [0.2, 0.25) is 0 Å². The topological polar surface area (TPSA) is 35.6 Å². The summed E-state index contributed by atoms with van der Waals surface area (Å²) in [5.74, 6) is 0.677. The van der Waals surface area contributed by atoms with Crippen LogP contribution in [0.5, 0.6) is 0 Å². The van der Waals surface area contributed by atoms with Gasteiger partial charge in [0.15, 0.2) is 5.82 Å². The summed E-state index contributed by atoms with van der Waals surface area (Å²) in [5.41, 5.74) is 14.0. The Morgan fingerprint density at radius 1 is 0.317 bits per heavy atom. The molecule has 0 aliphatic carbocycles. The average molecular weight is 765 g/mol. The summed E-state index contributed by atoms with van der Waals surface area (Å²) in [5, 5.41) is 7.18. The minimum Gasteiger partial charge on any atom is -0.309 e. The molecule has 12 aromatic rings. The van der Waals surface area contributed by atoms with Gasteiger partial charge in [0.05, 0.1) is 39.1 Å². The zero-order valence-electron chi connectivity index (χ0n) is 32.6. The Bertz CT molecular complexity index is 3580. The number of hydrogen-bond donors (Lipinski definition) is 0. The third-order valence-corrected chi connectivity index (χ3v) is 11.9. The lowest BCUT2D eigenvalue weighted by Crippen LogP contribution is -2.00. The normalized spacial score (nSPS) is 11.7. The first-order chi connectivity index (χ1) is 29.8. The first-order valence-electron chi connectivity index (χ1n) is 20.4. The summed E-state index contributed by atoms with van der Waals surface area (Å²) in [6.45, 7) is 0. The van der Waals surface area contributed by atoms with E-state index in [0.29, 0.717) is 5.82 Å². The fourth-order valence-electron chi connectivity index (χ4n) is 9.19. The highest BCUT2D eigenvalue weighted by Crippen LogP contribution is 2.43. The summed E-state index contributed by atoms with van der Waals surface area (Å²) in [4.78, 5) is 10.7. The van der Waals surface area contributed by atoms with Gasteiger partial charge in [-0.25, -0.2) is 9.97 Å². The van der Waals surface area contributed by atoms with Gasteiger partial charge in [0.25, 0.3) is 0 Å². The van der Waals surface area contributed by atoms with Crippen molar-refractivity contribution in [2.45, 2.75) is 0 Å². The molecule has 4 heteroatoms. The van der Waals surface area contributed by atoms with Crippen LogP contribution in [-0.2, 0) is 0 Å². The number of para-hydroxylation sites is 3. The van der Waals surface area contributed by atoms with Crippen LogP contribution in [0.15, 0.2) is 218 Å². The van der Waals surface area contributed by atoms with Gasteiger partial charge in [0.1, 0.15) is 0 Å². The van der Waals surface area contributed by atoms with E-state index in [9.17, 15) is 0 Å². The van der Waals surface area contributed by atoms with E-state index in [1.54, 1.807) is 0 Å². The SMILES string of the molecule is c1ccc(-c2cccc(-c3cc(-c4ccccc4)nc(-c4cc(-n5c6ccccc6c6c5ccc5c7ccccc7n(-c7ccccc7)c56)c5ccccc5c4)n3)c2)cc1. The van der Waals surface area contributed by atoms with Crippen molar-refractivity contribution >= 4 is 54.4 Å². The quantitative estimate of drug-likeness (QED) is 0.169. The van der Waals surface area contributed by atoms with Crippen molar-refractivity contribution in [1.82, 2.24) is 19.1 Å². The number of nitrogens with zero attached hydrogens (tertiary/aromatic N) is 4. The number of rotatable bonds is 6. The molecule has 0 amide bonds. The van der Waals surface area contributed by atoms with Gasteiger partial charge in [0.2, 0.25) is 0 Å². The molecular formula is C56H36N4. The Kier molecular flexibility index (Phi) is 7.82. The molecule has 0 fully saturated rings. The smallest absolute Gasteiger partial charge is 0.160 e. The summed E-state index contributed by atoms with van der Waals surface area (Å²) in [6, 6.07) is 77.9. The minimum absolute atomic E-state index is 0.677. The van der Waals surface area contributed by atoms with Crippen molar-refractivity contribution in [2.24, 2.45) is 0 Å². The van der Waals surface area contributed by atoms with Crippen LogP contribution in [0.1, 0.15) is 0 Å². The second kappa shape index (κ2) is 13.8. The number of benzene rings is 9. The molecular weight excluding hydrogens is 729 g/mol. The standard InChI is InChI=1S/C56H36N4/c1-4-17-37(18-5-1)39-22-16-23-41(33-39)49-36-48(38-19-6-2-7-20-38)57-56(58-49)42-34-40-21-10-11-26-44(40)53(35-42)60-51-30-15-13-28-47(51)54-52(60)32-31-46-45-27-12-14-29-50(45)59(55(46)54)43-24-8-3-9-25-43/h1-36H. The van der Waals surface area contributed by atoms with Crippen molar-refractivity contribution < 1.29 is 0 Å². The highest BCUT2D eigenvalue weighted by Gasteiger charge is 2.22. The predicted octanol–water partition coefficient (Wildman–Crippen LogP) is 14.5. The lowest BCUT2D eigenvalue weighted by molar-refractivity contribution is 1.17. The molecule has 0 bridgehead atoms.